The van der Waals surface area contributed by atoms with Crippen molar-refractivity contribution in [2.24, 2.45) is 5.92 Å². The third kappa shape index (κ3) is 5.08. The molecule has 0 aliphatic carbocycles. The van der Waals surface area contributed by atoms with Crippen molar-refractivity contribution < 1.29 is 9.53 Å². The quantitative estimate of drug-likeness (QED) is 0.741. The lowest BCUT2D eigenvalue weighted by Gasteiger charge is -2.14. The summed E-state index contributed by atoms with van der Waals surface area (Å²) >= 11 is 0. The van der Waals surface area contributed by atoms with Gasteiger partial charge in [-0.15, -0.1) is 0 Å². The molecule has 0 saturated carbocycles. The molecule has 0 aromatic carbocycles. The van der Waals surface area contributed by atoms with Crippen LogP contribution in [-0.4, -0.2) is 43.0 Å². The van der Waals surface area contributed by atoms with Crippen molar-refractivity contribution in [1.29, 1.82) is 0 Å². The zero-order valence-corrected chi connectivity index (χ0v) is 11.6. The molecule has 0 amide bonds. The average Bonchev–Trinajstić information content (AvgIpc) is 2.60. The molecule has 2 unspecified atom stereocenters. The maximum absolute atomic E-state index is 11.2. The van der Waals surface area contributed by atoms with Gasteiger partial charge in [0.25, 0.3) is 0 Å². The van der Waals surface area contributed by atoms with E-state index in [-0.39, 0.29) is 17.9 Å². The number of rotatable bonds is 4. The van der Waals surface area contributed by atoms with E-state index in [1.807, 2.05) is 20.9 Å². The zero-order chi connectivity index (χ0) is 12.7. The minimum Gasteiger partial charge on any atom is -0.377 e. The van der Waals surface area contributed by atoms with Gasteiger partial charge in [0.05, 0.1) is 12.1 Å². The molecule has 0 N–H and O–H groups in total. The van der Waals surface area contributed by atoms with Crippen LogP contribution in [0, 0.1) is 5.92 Å². The fourth-order valence-corrected chi connectivity index (χ4v) is 1.88. The summed E-state index contributed by atoms with van der Waals surface area (Å²) in [4.78, 5) is 13.3. The van der Waals surface area contributed by atoms with Gasteiger partial charge in [0, 0.05) is 13.2 Å². The molecule has 1 aliphatic heterocycles. The molecule has 1 saturated heterocycles. The highest BCUT2D eigenvalue weighted by Gasteiger charge is 2.32. The third-order valence-corrected chi connectivity index (χ3v) is 2.64. The highest BCUT2D eigenvalue weighted by molar-refractivity contribution is 5.81. The standard InChI is InChI=1S/C11H21NO2.C2H6/c1-8(2)7-14-10-5-11(9(3)13)12(4)6-10;1-2/h8,10-11H,5-7H2,1-4H3;1-2H3. The van der Waals surface area contributed by atoms with E-state index in [0.717, 1.165) is 19.6 Å². The summed E-state index contributed by atoms with van der Waals surface area (Å²) in [7, 11) is 1.99. The van der Waals surface area contributed by atoms with Crippen molar-refractivity contribution >= 4 is 5.78 Å². The van der Waals surface area contributed by atoms with Crippen LogP contribution in [0.2, 0.25) is 0 Å². The molecule has 96 valence electrons. The predicted octanol–water partition coefficient (Wildman–Crippen LogP) is 2.35. The van der Waals surface area contributed by atoms with Gasteiger partial charge in [0.15, 0.2) is 0 Å². The Labute approximate surface area is 100 Å². The van der Waals surface area contributed by atoms with Gasteiger partial charge in [-0.2, -0.15) is 0 Å². The van der Waals surface area contributed by atoms with Crippen molar-refractivity contribution in [1.82, 2.24) is 4.90 Å². The fourth-order valence-electron chi connectivity index (χ4n) is 1.88. The molecule has 0 spiro atoms. The Morgan fingerprint density at radius 3 is 2.38 bits per heavy atom. The number of carbonyl (C=O) groups is 1. The number of hydrogen-bond donors (Lipinski definition) is 0. The summed E-state index contributed by atoms with van der Waals surface area (Å²) in [5.74, 6) is 0.819. The number of likely N-dealkylation sites (tertiary alicyclic amines) is 1. The summed E-state index contributed by atoms with van der Waals surface area (Å²) in [5, 5.41) is 0. The molecule has 0 bridgehead atoms. The van der Waals surface area contributed by atoms with E-state index >= 15 is 0 Å². The van der Waals surface area contributed by atoms with Crippen LogP contribution in [0.1, 0.15) is 41.0 Å². The fraction of sp³-hybridized carbons (Fsp3) is 0.923. The molecule has 1 heterocycles. The van der Waals surface area contributed by atoms with Crippen LogP contribution in [0.15, 0.2) is 0 Å². The second-order valence-corrected chi connectivity index (χ2v) is 4.65. The van der Waals surface area contributed by atoms with Crippen LogP contribution < -0.4 is 0 Å². The van der Waals surface area contributed by atoms with E-state index in [2.05, 4.69) is 18.7 Å². The first-order valence-electron chi connectivity index (χ1n) is 6.33. The Kier molecular flexibility index (Phi) is 7.60. The van der Waals surface area contributed by atoms with Crippen molar-refractivity contribution in [3.63, 3.8) is 0 Å². The maximum atomic E-state index is 11.2. The normalized spacial score (nSPS) is 25.4. The van der Waals surface area contributed by atoms with Gasteiger partial charge in [-0.3, -0.25) is 9.69 Å². The Morgan fingerprint density at radius 1 is 1.44 bits per heavy atom. The monoisotopic (exact) mass is 229 g/mol. The lowest BCUT2D eigenvalue weighted by Crippen LogP contribution is -2.31. The summed E-state index contributed by atoms with van der Waals surface area (Å²) < 4.78 is 5.72. The van der Waals surface area contributed by atoms with E-state index in [1.54, 1.807) is 6.92 Å². The van der Waals surface area contributed by atoms with Crippen LogP contribution in [0.25, 0.3) is 0 Å². The van der Waals surface area contributed by atoms with Crippen LogP contribution in [0.4, 0.5) is 0 Å². The largest absolute Gasteiger partial charge is 0.377 e. The molecular formula is C13H27NO2. The van der Waals surface area contributed by atoms with Crippen LogP contribution >= 0.6 is 0 Å². The highest BCUT2D eigenvalue weighted by atomic mass is 16.5. The highest BCUT2D eigenvalue weighted by Crippen LogP contribution is 2.19. The molecule has 3 nitrogen and oxygen atoms in total. The lowest BCUT2D eigenvalue weighted by atomic mass is 10.1. The van der Waals surface area contributed by atoms with Crippen molar-refractivity contribution in [3.05, 3.63) is 0 Å². The topological polar surface area (TPSA) is 29.5 Å². The number of hydrogen-bond acceptors (Lipinski definition) is 3. The minimum atomic E-state index is 0.0761. The van der Waals surface area contributed by atoms with Gasteiger partial charge in [-0.05, 0) is 26.3 Å². The second kappa shape index (κ2) is 7.80. The van der Waals surface area contributed by atoms with Crippen LogP contribution in [0.5, 0.6) is 0 Å². The number of carbonyl (C=O) groups excluding carboxylic acids is 1. The summed E-state index contributed by atoms with van der Waals surface area (Å²) in [5.41, 5.74) is 0. The lowest BCUT2D eigenvalue weighted by molar-refractivity contribution is -0.120. The van der Waals surface area contributed by atoms with E-state index in [0.29, 0.717) is 5.92 Å². The van der Waals surface area contributed by atoms with Crippen molar-refractivity contribution in [2.45, 2.75) is 53.2 Å². The Balaban J connectivity index is 0.00000106. The summed E-state index contributed by atoms with van der Waals surface area (Å²) in [6, 6.07) is 0.0761. The number of Topliss-reactive ketones (excluding diaryl/α,β-unsaturated/α-hetero) is 1. The van der Waals surface area contributed by atoms with Gasteiger partial charge in [0.1, 0.15) is 5.78 Å². The molecular weight excluding hydrogens is 202 g/mol. The minimum absolute atomic E-state index is 0.0761. The maximum Gasteiger partial charge on any atom is 0.146 e. The predicted molar refractivity (Wildman–Crippen MR) is 67.6 cm³/mol. The summed E-state index contributed by atoms with van der Waals surface area (Å²) in [6.45, 7) is 11.6. The van der Waals surface area contributed by atoms with Crippen LogP contribution in [0.3, 0.4) is 0 Å². The van der Waals surface area contributed by atoms with Crippen molar-refractivity contribution in [2.75, 3.05) is 20.2 Å². The molecule has 0 aromatic rings. The smallest absolute Gasteiger partial charge is 0.146 e. The second-order valence-electron chi connectivity index (χ2n) is 4.65. The molecule has 1 rings (SSSR count). The molecule has 3 heteroatoms. The number of likely N-dealkylation sites (N-methyl/N-ethyl adjacent to an activating group) is 1. The molecule has 2 atom stereocenters. The molecule has 1 aliphatic rings. The number of nitrogens with zero attached hydrogens (tertiary/aromatic N) is 1. The molecule has 16 heavy (non-hydrogen) atoms. The Morgan fingerprint density at radius 2 is 2.00 bits per heavy atom. The average molecular weight is 229 g/mol. The van der Waals surface area contributed by atoms with Crippen LogP contribution in [-0.2, 0) is 9.53 Å². The van der Waals surface area contributed by atoms with Gasteiger partial charge >= 0.3 is 0 Å². The first kappa shape index (κ1) is 15.6. The Hall–Kier alpha value is -0.410. The first-order valence-corrected chi connectivity index (χ1v) is 6.33. The molecule has 0 aromatic heterocycles. The number of ketones is 1. The third-order valence-electron chi connectivity index (χ3n) is 2.64. The summed E-state index contributed by atoms with van der Waals surface area (Å²) in [6.07, 6.45) is 1.11. The van der Waals surface area contributed by atoms with E-state index in [9.17, 15) is 4.79 Å². The molecule has 1 fully saturated rings. The van der Waals surface area contributed by atoms with Gasteiger partial charge < -0.3 is 4.74 Å². The van der Waals surface area contributed by atoms with E-state index in [1.165, 1.54) is 0 Å². The van der Waals surface area contributed by atoms with E-state index in [4.69, 9.17) is 4.74 Å². The van der Waals surface area contributed by atoms with Gasteiger partial charge in [-0.25, -0.2) is 0 Å². The van der Waals surface area contributed by atoms with Gasteiger partial charge in [0.2, 0.25) is 0 Å². The Bertz CT molecular complexity index is 204. The number of ether oxygens (including phenoxy) is 1. The van der Waals surface area contributed by atoms with E-state index < -0.39 is 0 Å². The molecule has 0 radical (unpaired) electrons. The SMILES string of the molecule is CC.CC(=O)C1CC(OCC(C)C)CN1C. The van der Waals surface area contributed by atoms with Gasteiger partial charge in [-0.1, -0.05) is 27.7 Å². The first-order chi connectivity index (χ1) is 7.50. The zero-order valence-electron chi connectivity index (χ0n) is 11.6. The van der Waals surface area contributed by atoms with Crippen molar-refractivity contribution in [3.8, 4) is 0 Å².